The van der Waals surface area contributed by atoms with Crippen LogP contribution < -0.4 is 0 Å². The van der Waals surface area contributed by atoms with Crippen molar-refractivity contribution in [1.29, 1.82) is 5.26 Å². The van der Waals surface area contributed by atoms with Crippen LogP contribution in [0.15, 0.2) is 36.4 Å². The van der Waals surface area contributed by atoms with Crippen LogP contribution in [0.2, 0.25) is 0 Å². The quantitative estimate of drug-likeness (QED) is 0.528. The van der Waals surface area contributed by atoms with Crippen molar-refractivity contribution >= 4 is 11.0 Å². The molecule has 0 saturated heterocycles. The number of hydrogen-bond donors (Lipinski definition) is 0. The Bertz CT molecular complexity index is 909. The molecule has 1 heterocycles. The van der Waals surface area contributed by atoms with Gasteiger partial charge in [0.25, 0.3) is 0 Å². The van der Waals surface area contributed by atoms with Gasteiger partial charge in [-0.25, -0.2) is 18.2 Å². The summed E-state index contributed by atoms with van der Waals surface area (Å²) in [5.41, 5.74) is 1.28. The minimum Gasteiger partial charge on any atom is -0.324 e. The zero-order chi connectivity index (χ0) is 16.4. The molecule has 3 rings (SSSR count). The first-order valence-electron chi connectivity index (χ1n) is 7.09. The van der Waals surface area contributed by atoms with E-state index < -0.39 is 17.5 Å². The molecule has 0 unspecified atom stereocenters. The maximum absolute atomic E-state index is 14.1. The van der Waals surface area contributed by atoms with E-state index in [-0.39, 0.29) is 11.4 Å². The van der Waals surface area contributed by atoms with Crippen molar-refractivity contribution in [3.05, 3.63) is 53.8 Å². The van der Waals surface area contributed by atoms with Gasteiger partial charge in [0.1, 0.15) is 5.82 Å². The Morgan fingerprint density at radius 3 is 2.61 bits per heavy atom. The van der Waals surface area contributed by atoms with E-state index >= 15 is 0 Å². The van der Waals surface area contributed by atoms with Crippen LogP contribution in [0.5, 0.6) is 0 Å². The first kappa shape index (κ1) is 15.1. The largest absolute Gasteiger partial charge is 0.324 e. The van der Waals surface area contributed by atoms with E-state index in [0.29, 0.717) is 24.9 Å². The number of nitriles is 1. The first-order valence-corrected chi connectivity index (χ1v) is 7.09. The number of benzene rings is 2. The summed E-state index contributed by atoms with van der Waals surface area (Å²) >= 11 is 0. The minimum absolute atomic E-state index is 0.0999. The van der Waals surface area contributed by atoms with Crippen LogP contribution in [0.3, 0.4) is 0 Å². The second-order valence-electron chi connectivity index (χ2n) is 5.06. The zero-order valence-electron chi connectivity index (χ0n) is 12.1. The monoisotopic (exact) mass is 315 g/mol. The predicted octanol–water partition coefficient (Wildman–Crippen LogP) is 4.42. The van der Waals surface area contributed by atoms with E-state index in [2.05, 4.69) is 4.98 Å². The highest BCUT2D eigenvalue weighted by Crippen LogP contribution is 2.29. The molecule has 0 N–H and O–H groups in total. The fourth-order valence-corrected chi connectivity index (χ4v) is 2.52. The minimum atomic E-state index is -1.52. The van der Waals surface area contributed by atoms with Gasteiger partial charge in [-0.05, 0) is 30.7 Å². The van der Waals surface area contributed by atoms with Gasteiger partial charge in [0, 0.05) is 13.0 Å². The summed E-state index contributed by atoms with van der Waals surface area (Å²) in [6, 6.07) is 11.3. The molecule has 0 spiro atoms. The van der Waals surface area contributed by atoms with Gasteiger partial charge in [0.2, 0.25) is 0 Å². The molecule has 0 radical (unpaired) electrons. The van der Waals surface area contributed by atoms with E-state index in [1.807, 2.05) is 18.2 Å². The second-order valence-corrected chi connectivity index (χ2v) is 5.06. The van der Waals surface area contributed by atoms with Crippen LogP contribution in [0.25, 0.3) is 22.4 Å². The highest BCUT2D eigenvalue weighted by Gasteiger charge is 2.20. The van der Waals surface area contributed by atoms with Crippen molar-refractivity contribution in [3.8, 4) is 17.5 Å². The van der Waals surface area contributed by atoms with Gasteiger partial charge >= 0.3 is 0 Å². The highest BCUT2D eigenvalue weighted by atomic mass is 19.2. The third-order valence-corrected chi connectivity index (χ3v) is 3.60. The summed E-state index contributed by atoms with van der Waals surface area (Å²) in [6.07, 6.45) is 0.890. The Balaban J connectivity index is 2.19. The lowest BCUT2D eigenvalue weighted by Crippen LogP contribution is -2.03. The fourth-order valence-electron chi connectivity index (χ4n) is 2.52. The lowest BCUT2D eigenvalue weighted by atomic mass is 10.2. The number of fused-ring (bicyclic) bond motifs is 1. The first-order chi connectivity index (χ1) is 11.1. The third-order valence-electron chi connectivity index (χ3n) is 3.60. The normalized spacial score (nSPS) is 10.9. The number of para-hydroxylation sites is 2. The van der Waals surface area contributed by atoms with Gasteiger partial charge in [-0.15, -0.1) is 0 Å². The number of aromatic nitrogens is 2. The van der Waals surface area contributed by atoms with E-state index in [1.54, 1.807) is 16.7 Å². The average Bonchev–Trinajstić information content (AvgIpc) is 2.92. The highest BCUT2D eigenvalue weighted by molar-refractivity contribution is 5.80. The number of aryl methyl sites for hydroxylation is 1. The van der Waals surface area contributed by atoms with Gasteiger partial charge in [-0.2, -0.15) is 5.26 Å². The lowest BCUT2D eigenvalue weighted by Gasteiger charge is -2.09. The summed E-state index contributed by atoms with van der Waals surface area (Å²) in [6.45, 7) is 0.432. The number of halogens is 3. The molecule has 0 fully saturated rings. The number of imidazole rings is 1. The van der Waals surface area contributed by atoms with Gasteiger partial charge in [0.05, 0.1) is 22.7 Å². The molecule has 0 saturated carbocycles. The van der Waals surface area contributed by atoms with Crippen molar-refractivity contribution in [2.24, 2.45) is 0 Å². The molecule has 3 nitrogen and oxygen atoms in total. The Labute approximate surface area is 130 Å². The Kier molecular flexibility index (Phi) is 4.02. The van der Waals surface area contributed by atoms with Gasteiger partial charge in [-0.3, -0.25) is 0 Å². The molecule has 0 atom stereocenters. The number of rotatable bonds is 4. The maximum Gasteiger partial charge on any atom is 0.195 e. The summed E-state index contributed by atoms with van der Waals surface area (Å²) in [5, 5.41) is 8.68. The summed E-state index contributed by atoms with van der Waals surface area (Å²) in [7, 11) is 0. The molecule has 0 bridgehead atoms. The number of nitrogens with zero attached hydrogens (tertiary/aromatic N) is 3. The topological polar surface area (TPSA) is 41.6 Å². The number of hydrogen-bond acceptors (Lipinski definition) is 2. The molecule has 0 amide bonds. The molecule has 2 aromatic carbocycles. The van der Waals surface area contributed by atoms with E-state index in [4.69, 9.17) is 5.26 Å². The van der Waals surface area contributed by atoms with E-state index in [1.165, 1.54) is 6.07 Å². The van der Waals surface area contributed by atoms with Gasteiger partial charge < -0.3 is 4.57 Å². The van der Waals surface area contributed by atoms with Crippen LogP contribution in [-0.4, -0.2) is 9.55 Å². The van der Waals surface area contributed by atoms with Crippen LogP contribution in [-0.2, 0) is 6.54 Å². The Morgan fingerprint density at radius 1 is 1.04 bits per heavy atom. The summed E-state index contributed by atoms with van der Waals surface area (Å²) < 4.78 is 42.5. The smallest absolute Gasteiger partial charge is 0.195 e. The van der Waals surface area contributed by atoms with Crippen molar-refractivity contribution in [3.63, 3.8) is 0 Å². The maximum atomic E-state index is 14.1. The molecular formula is C17H12F3N3. The van der Waals surface area contributed by atoms with Crippen molar-refractivity contribution in [2.75, 3.05) is 0 Å². The number of unbranched alkanes of at least 4 members (excludes halogenated alkanes) is 1. The molecule has 0 aliphatic rings. The molecule has 23 heavy (non-hydrogen) atoms. The molecule has 0 aliphatic carbocycles. The Hall–Kier alpha value is -2.81. The van der Waals surface area contributed by atoms with E-state index in [0.717, 1.165) is 11.6 Å². The molecule has 0 aliphatic heterocycles. The van der Waals surface area contributed by atoms with Gasteiger partial charge in [-0.1, -0.05) is 12.1 Å². The van der Waals surface area contributed by atoms with Crippen LogP contribution in [0, 0.1) is 28.8 Å². The standard InChI is InChI=1S/C17H12F3N3/c18-12-8-7-11(15(19)16(12)20)17-22-13-5-1-2-6-14(13)23(17)10-4-3-9-21/h1-2,5-8H,3-4,10H2. The molecule has 3 aromatic rings. The molecule has 6 heteroatoms. The average molecular weight is 315 g/mol. The molecule has 116 valence electrons. The van der Waals surface area contributed by atoms with Gasteiger partial charge in [0.15, 0.2) is 17.5 Å². The van der Waals surface area contributed by atoms with Crippen molar-refractivity contribution < 1.29 is 13.2 Å². The van der Waals surface area contributed by atoms with Crippen molar-refractivity contribution in [1.82, 2.24) is 9.55 Å². The summed E-state index contributed by atoms with van der Waals surface area (Å²) in [5.74, 6) is -3.79. The Morgan fingerprint density at radius 2 is 1.83 bits per heavy atom. The zero-order valence-corrected chi connectivity index (χ0v) is 12.1. The van der Waals surface area contributed by atoms with Crippen LogP contribution in [0.1, 0.15) is 12.8 Å². The lowest BCUT2D eigenvalue weighted by molar-refractivity contribution is 0.448. The van der Waals surface area contributed by atoms with Crippen LogP contribution in [0.4, 0.5) is 13.2 Å². The van der Waals surface area contributed by atoms with Crippen LogP contribution >= 0.6 is 0 Å². The SMILES string of the molecule is N#CCCCn1c(-c2ccc(F)c(F)c2F)nc2ccccc21. The molecular weight excluding hydrogens is 303 g/mol. The third kappa shape index (κ3) is 2.66. The van der Waals surface area contributed by atoms with Crippen molar-refractivity contribution in [2.45, 2.75) is 19.4 Å². The second kappa shape index (κ2) is 6.13. The van der Waals surface area contributed by atoms with E-state index in [9.17, 15) is 13.2 Å². The summed E-state index contributed by atoms with van der Waals surface area (Å²) in [4.78, 5) is 4.34. The fraction of sp³-hybridized carbons (Fsp3) is 0.176. The molecule has 1 aromatic heterocycles. The predicted molar refractivity (Wildman–Crippen MR) is 79.9 cm³/mol.